The van der Waals surface area contributed by atoms with E-state index < -0.39 is 101 Å². The van der Waals surface area contributed by atoms with E-state index in [-0.39, 0.29) is 36.2 Å². The Hall–Kier alpha value is -3.22. The van der Waals surface area contributed by atoms with Crippen LogP contribution in [0.5, 0.6) is 0 Å². The first-order valence-electron chi connectivity index (χ1n) is 48.5. The summed E-state index contributed by atoms with van der Waals surface area (Å²) in [6.07, 6.45) is 56.4. The van der Waals surface area contributed by atoms with E-state index in [0.717, 1.165) is 276 Å². The fourth-order valence-electron chi connectivity index (χ4n) is 16.5. The lowest BCUT2D eigenvalue weighted by atomic mass is 9.76. The Bertz CT molecular complexity index is 3900. The number of rotatable bonds is 60. The van der Waals surface area contributed by atoms with Gasteiger partial charge < -0.3 is 0 Å². The van der Waals surface area contributed by atoms with E-state index in [1.165, 1.54) is 12.8 Å². The van der Waals surface area contributed by atoms with Crippen molar-refractivity contribution < 1.29 is 95.6 Å². The number of hydrogen-bond donors (Lipinski definition) is 7. The van der Waals surface area contributed by atoms with Gasteiger partial charge in [-0.2, -0.15) is 58.9 Å². The van der Waals surface area contributed by atoms with Gasteiger partial charge in [0.05, 0.1) is 21.0 Å². The molecule has 0 heterocycles. The normalized spacial score (nSPS) is 15.5. The predicted octanol–water partition coefficient (Wildman–Crippen LogP) is 27.2. The van der Waals surface area contributed by atoms with Crippen molar-refractivity contribution in [2.45, 2.75) is 485 Å². The maximum absolute atomic E-state index is 12.2. The van der Waals surface area contributed by atoms with Gasteiger partial charge >= 0.3 is 0 Å². The number of unbranched alkanes of at least 4 members (excludes halogenated alkanes) is 24. The lowest BCUT2D eigenvalue weighted by Gasteiger charge is -2.38. The van der Waals surface area contributed by atoms with Gasteiger partial charge in [0.1, 0.15) is 15.8 Å². The molecule has 2 fully saturated rings. The van der Waals surface area contributed by atoms with Gasteiger partial charge in [0.25, 0.3) is 70.8 Å². The second kappa shape index (κ2) is 73.3. The largest absolute Gasteiger partial charge is 0.300 e. The van der Waals surface area contributed by atoms with Crippen LogP contribution < -0.4 is 0 Å². The van der Waals surface area contributed by atoms with Crippen LogP contribution in [0, 0.1) is 23.7 Å². The molecular formula is C96H178O22S7. The molecular weight excluding hydrogens is 1730 g/mol. The fraction of sp³-hybridized carbons (Fsp3) is 0.823. The van der Waals surface area contributed by atoms with Crippen LogP contribution in [0.25, 0.3) is 0 Å². The monoisotopic (exact) mass is 1910 g/mol. The fourth-order valence-corrected chi connectivity index (χ4v) is 23.7. The second-order valence-corrected chi connectivity index (χ2v) is 46.3. The highest BCUT2D eigenvalue weighted by Gasteiger charge is 2.48. The number of carbonyl (C=O) groups is 1. The van der Waals surface area contributed by atoms with Gasteiger partial charge in [0.2, 0.25) is 0 Å². The molecule has 5 atom stereocenters. The second-order valence-electron chi connectivity index (χ2n) is 34.6. The molecule has 5 unspecified atom stereocenters. The van der Waals surface area contributed by atoms with Gasteiger partial charge in [-0.3, -0.25) is 36.7 Å². The highest BCUT2D eigenvalue weighted by Crippen LogP contribution is 2.43. The van der Waals surface area contributed by atoms with Gasteiger partial charge in [-0.1, -0.05) is 412 Å². The number of carbonyl (C=O) groups excluding carboxylic acids is 1. The number of ketones is 1. The number of benzene rings is 2. The van der Waals surface area contributed by atoms with Crippen LogP contribution in [0.3, 0.4) is 0 Å². The molecule has 2 aliphatic carbocycles. The Kier molecular flexibility index (Phi) is 73.8. The Labute approximate surface area is 765 Å². The van der Waals surface area contributed by atoms with Crippen molar-refractivity contribution in [3.8, 4) is 11.8 Å². The Morgan fingerprint density at radius 2 is 0.768 bits per heavy atom. The third-order valence-corrected chi connectivity index (χ3v) is 33.4. The molecule has 125 heavy (non-hydrogen) atoms. The zero-order valence-corrected chi connectivity index (χ0v) is 85.4. The molecule has 4 rings (SSSR count). The van der Waals surface area contributed by atoms with Crippen LogP contribution in [0.15, 0.2) is 72.8 Å². The highest BCUT2D eigenvalue weighted by atomic mass is 32.2. The van der Waals surface area contributed by atoms with Crippen molar-refractivity contribution >= 4 is 76.6 Å². The topological polar surface area (TPSA) is 398 Å². The number of allylic oxidation sites excluding steroid dienone is 1. The molecule has 0 amide bonds. The molecule has 2 aliphatic rings. The smallest absolute Gasteiger partial charge is 0.286 e. The van der Waals surface area contributed by atoms with Crippen molar-refractivity contribution in [1.29, 1.82) is 0 Å². The van der Waals surface area contributed by atoms with Crippen LogP contribution in [-0.4, -0.2) is 122 Å². The summed E-state index contributed by atoms with van der Waals surface area (Å²) in [5.74, 6) is 5.68. The van der Waals surface area contributed by atoms with E-state index >= 15 is 0 Å². The van der Waals surface area contributed by atoms with Gasteiger partial charge in [-0.15, -0.1) is 5.92 Å². The minimum absolute atomic E-state index is 0.0566. The Morgan fingerprint density at radius 1 is 0.384 bits per heavy atom. The van der Waals surface area contributed by atoms with Crippen LogP contribution in [0.2, 0.25) is 0 Å². The molecule has 2 saturated carbocycles. The molecule has 29 heteroatoms. The van der Waals surface area contributed by atoms with Crippen LogP contribution in [-0.2, 0) is 80.4 Å². The third kappa shape index (κ3) is 59.1. The van der Waals surface area contributed by atoms with Crippen molar-refractivity contribution in [2.75, 3.05) is 5.75 Å². The van der Waals surface area contributed by atoms with Crippen molar-refractivity contribution in [2.24, 2.45) is 11.8 Å². The van der Waals surface area contributed by atoms with Crippen LogP contribution in [0.1, 0.15) is 472 Å². The maximum atomic E-state index is 12.2. The summed E-state index contributed by atoms with van der Waals surface area (Å²) in [4.78, 5) is 10.9. The summed E-state index contributed by atoms with van der Waals surface area (Å²) >= 11 is 0. The summed E-state index contributed by atoms with van der Waals surface area (Å²) in [6.45, 7) is 24.9. The van der Waals surface area contributed by atoms with Gasteiger partial charge in [0.15, 0.2) is 4.75 Å². The van der Waals surface area contributed by atoms with Gasteiger partial charge in [-0.05, 0) is 126 Å². The summed E-state index contributed by atoms with van der Waals surface area (Å²) in [5.41, 5.74) is 1.22. The summed E-state index contributed by atoms with van der Waals surface area (Å²) in [7, 11) is -27.9. The molecule has 0 saturated heterocycles. The lowest BCUT2D eigenvalue weighted by molar-refractivity contribution is -0.119. The molecule has 2 aromatic carbocycles. The molecule has 0 radical (unpaired) electrons. The first-order chi connectivity index (χ1) is 59.0. The van der Waals surface area contributed by atoms with E-state index in [9.17, 15) is 86.5 Å². The highest BCUT2D eigenvalue weighted by molar-refractivity contribution is 7.88. The lowest BCUT2D eigenvalue weighted by Crippen LogP contribution is -2.44. The maximum Gasteiger partial charge on any atom is 0.286 e. The first kappa shape index (κ1) is 126. The molecule has 0 spiro atoms. The van der Waals surface area contributed by atoms with E-state index in [4.69, 9.17) is 9.11 Å². The number of Topliss-reactive ketones (excluding diaryl/α,β-unsaturated/α-hetero) is 1. The zero-order chi connectivity index (χ0) is 95.2. The quantitative estimate of drug-likeness (QED) is 0.0140. The number of hydrogen-bond acceptors (Lipinski definition) is 15. The molecule has 22 nitrogen and oxygen atoms in total. The van der Waals surface area contributed by atoms with E-state index in [2.05, 4.69) is 74.2 Å². The Morgan fingerprint density at radius 3 is 1.15 bits per heavy atom. The van der Waals surface area contributed by atoms with Crippen molar-refractivity contribution in [3.05, 3.63) is 83.9 Å². The molecule has 0 bridgehead atoms. The molecule has 2 aromatic rings. The first-order valence-corrected chi connectivity index (χ1v) is 59.0. The summed E-state index contributed by atoms with van der Waals surface area (Å²) in [5, 5.41) is -1.81. The summed E-state index contributed by atoms with van der Waals surface area (Å²) in [6, 6.07) is 17.7. The van der Waals surface area contributed by atoms with E-state index in [1.807, 2.05) is 45.1 Å². The van der Waals surface area contributed by atoms with E-state index in [1.54, 1.807) is 48.5 Å². The van der Waals surface area contributed by atoms with Crippen molar-refractivity contribution in [3.63, 3.8) is 0 Å². The van der Waals surface area contributed by atoms with E-state index in [0.29, 0.717) is 81.8 Å². The van der Waals surface area contributed by atoms with Crippen LogP contribution in [0.4, 0.5) is 0 Å². The zero-order valence-electron chi connectivity index (χ0n) is 79.6. The predicted molar refractivity (Wildman–Crippen MR) is 521 cm³/mol. The van der Waals surface area contributed by atoms with Crippen LogP contribution >= 0.6 is 0 Å². The average molecular weight is 1910 g/mol. The summed E-state index contributed by atoms with van der Waals surface area (Å²) < 4.78 is 223. The van der Waals surface area contributed by atoms with Gasteiger partial charge in [-0.25, -0.2) is 0 Å². The van der Waals surface area contributed by atoms with Crippen molar-refractivity contribution in [1.82, 2.24) is 0 Å². The SMILES string of the molecule is CC/C=C/C(CCCCCC)(C1CCCCC1)S(=O)(=O)O.CCC#CC(CCCCCC)(c1ccccc1)S(=O)(=O)O.CCCC(=O)CCCS(=O)(=O)O.CCCCCCC(C1CCCCC1)S(=O)(=O)O.CCCCCCC(CCCCC)(CCCCC)S(=O)(=O)O.CCCCCCC(CCCCC)S(=O)(=O)O.CCCCCCC(c1ccccc1)S(=O)(=O)O. The third-order valence-electron chi connectivity index (χ3n) is 23.9. The molecule has 0 aromatic heterocycles. The standard InChI is InChI=1S/C17H32O3S.C17H24O3S.C17H36O3S.C13H26O3S.C13H20O3S.C12H26O3S.C7H14O4S/c2*1-3-5-7-11-15-17(14-6-4-2,21(18,19)20)16-12-9-8-10-13-16;1-4-7-10-13-16-17(21(18,19)20,14-11-8-5-2)15-12-9-6-3;2*1-2-3-4-8-11-13(17(14,15)16)12-9-6-5-7-10-12;1-3-5-7-9-11-12(16(13,14)15)10-8-6-4-2;1-2-4-7(8)5-3-6-12(9,10)11/h6,14,16H,3-5,7-13,15H2,1-2H3,(H,18,19,20);8-10,12-13H,3-5,7,11,15H2,1-2H3,(H,18,19,20);4-16H2,1-3H3,(H,18,19,20);12-13H,2-11H2,1H3,(H,14,15,16);5-7,9-10,13H,2-4,8,11H2,1H3,(H,14,15,16);12H,3-11H2,1-2H3,(H,13,14,15);2-6H2,1H3,(H,9,10,11)/b14-6+;;;;;;. The molecule has 736 valence electrons. The average Bonchev–Trinajstić information content (AvgIpc) is 0.775. The molecule has 0 aliphatic heterocycles. The van der Waals surface area contributed by atoms with Gasteiger partial charge in [0, 0.05) is 19.3 Å². The minimum atomic E-state index is -4.31. The minimum Gasteiger partial charge on any atom is -0.300 e. The molecule has 7 N–H and O–H groups in total. The Balaban J connectivity index is -0.00000140.